The fraction of sp³-hybridized carbons (Fsp3) is 0.150. The van der Waals surface area contributed by atoms with Crippen LogP contribution >= 0.6 is 0 Å². The van der Waals surface area contributed by atoms with Gasteiger partial charge in [0, 0.05) is 12.4 Å². The molecular weight excluding hydrogens is 270 g/mol. The minimum Gasteiger partial charge on any atom is -0.386 e. The van der Waals surface area contributed by atoms with Gasteiger partial charge in [0.05, 0.1) is 5.60 Å². The van der Waals surface area contributed by atoms with Crippen molar-refractivity contribution in [2.45, 2.75) is 19.4 Å². The Hall–Kier alpha value is -2.45. The lowest BCUT2D eigenvalue weighted by atomic mass is 9.95. The number of rotatable bonds is 3. The van der Waals surface area contributed by atoms with Gasteiger partial charge in [-0.3, -0.25) is 4.98 Å². The third-order valence-corrected chi connectivity index (χ3v) is 3.80. The SMILES string of the molecule is CC(C)(O)c1ccc(-c2ccc(-c3cccnc3)cc2)cc1. The smallest absolute Gasteiger partial charge is 0.0840 e. The van der Waals surface area contributed by atoms with E-state index in [2.05, 4.69) is 35.3 Å². The molecule has 0 bridgehead atoms. The first-order chi connectivity index (χ1) is 10.5. The van der Waals surface area contributed by atoms with Crippen molar-refractivity contribution in [3.63, 3.8) is 0 Å². The van der Waals surface area contributed by atoms with Crippen LogP contribution in [0.25, 0.3) is 22.3 Å². The van der Waals surface area contributed by atoms with Crippen molar-refractivity contribution in [1.82, 2.24) is 4.98 Å². The summed E-state index contributed by atoms with van der Waals surface area (Å²) >= 11 is 0. The Morgan fingerprint density at radius 3 is 1.68 bits per heavy atom. The fourth-order valence-corrected chi connectivity index (χ4v) is 2.46. The lowest BCUT2D eigenvalue weighted by Gasteiger charge is -2.18. The summed E-state index contributed by atoms with van der Waals surface area (Å²) in [5, 5.41) is 10.0. The van der Waals surface area contributed by atoms with E-state index in [0.29, 0.717) is 0 Å². The second kappa shape index (κ2) is 5.74. The normalized spacial score (nSPS) is 11.4. The van der Waals surface area contributed by atoms with Gasteiger partial charge in [0.25, 0.3) is 0 Å². The molecule has 0 radical (unpaired) electrons. The van der Waals surface area contributed by atoms with Gasteiger partial charge in [0.1, 0.15) is 0 Å². The molecule has 0 saturated heterocycles. The number of aromatic nitrogens is 1. The van der Waals surface area contributed by atoms with Crippen LogP contribution in [0.15, 0.2) is 73.1 Å². The van der Waals surface area contributed by atoms with Gasteiger partial charge in [0.15, 0.2) is 0 Å². The third kappa shape index (κ3) is 3.07. The summed E-state index contributed by atoms with van der Waals surface area (Å²) in [5.74, 6) is 0. The molecule has 2 aromatic carbocycles. The van der Waals surface area contributed by atoms with E-state index < -0.39 is 5.60 Å². The minimum absolute atomic E-state index is 0.803. The summed E-state index contributed by atoms with van der Waals surface area (Å²) in [4.78, 5) is 4.15. The molecule has 110 valence electrons. The topological polar surface area (TPSA) is 33.1 Å². The number of hydrogen-bond acceptors (Lipinski definition) is 2. The van der Waals surface area contributed by atoms with Crippen LogP contribution in [0.1, 0.15) is 19.4 Å². The van der Waals surface area contributed by atoms with Crippen molar-refractivity contribution in [1.29, 1.82) is 0 Å². The number of benzene rings is 2. The summed E-state index contributed by atoms with van der Waals surface area (Å²) in [5.41, 5.74) is 4.70. The lowest BCUT2D eigenvalue weighted by Crippen LogP contribution is -2.14. The van der Waals surface area contributed by atoms with Crippen LogP contribution in [0.4, 0.5) is 0 Å². The third-order valence-electron chi connectivity index (χ3n) is 3.80. The minimum atomic E-state index is -0.803. The van der Waals surface area contributed by atoms with Crippen LogP contribution in [0, 0.1) is 0 Å². The van der Waals surface area contributed by atoms with Crippen molar-refractivity contribution in [2.75, 3.05) is 0 Å². The molecule has 1 N–H and O–H groups in total. The van der Waals surface area contributed by atoms with E-state index in [1.165, 1.54) is 0 Å². The molecule has 1 heterocycles. The molecule has 0 atom stereocenters. The van der Waals surface area contributed by atoms with Crippen molar-refractivity contribution >= 4 is 0 Å². The van der Waals surface area contributed by atoms with Crippen molar-refractivity contribution in [3.8, 4) is 22.3 Å². The molecule has 0 fully saturated rings. The Balaban J connectivity index is 1.87. The first-order valence-corrected chi connectivity index (χ1v) is 7.38. The molecular formula is C20H19NO. The van der Waals surface area contributed by atoms with E-state index in [4.69, 9.17) is 0 Å². The van der Waals surface area contributed by atoms with Crippen LogP contribution < -0.4 is 0 Å². The van der Waals surface area contributed by atoms with Gasteiger partial charge in [-0.05, 0) is 47.7 Å². The number of nitrogens with zero attached hydrogens (tertiary/aromatic N) is 1. The van der Waals surface area contributed by atoms with Crippen LogP contribution in [-0.2, 0) is 5.60 Å². The van der Waals surface area contributed by atoms with E-state index in [1.807, 2.05) is 36.5 Å². The van der Waals surface area contributed by atoms with E-state index in [1.54, 1.807) is 20.0 Å². The van der Waals surface area contributed by atoms with Crippen molar-refractivity contribution < 1.29 is 5.11 Å². The van der Waals surface area contributed by atoms with Gasteiger partial charge < -0.3 is 5.11 Å². The maximum atomic E-state index is 10.0. The van der Waals surface area contributed by atoms with Gasteiger partial charge in [-0.1, -0.05) is 54.6 Å². The van der Waals surface area contributed by atoms with Crippen LogP contribution in [0.2, 0.25) is 0 Å². The number of hydrogen-bond donors (Lipinski definition) is 1. The summed E-state index contributed by atoms with van der Waals surface area (Å²) < 4.78 is 0. The Morgan fingerprint density at radius 1 is 0.727 bits per heavy atom. The zero-order valence-corrected chi connectivity index (χ0v) is 12.8. The maximum absolute atomic E-state index is 10.0. The fourth-order valence-electron chi connectivity index (χ4n) is 2.46. The molecule has 0 aliphatic heterocycles. The highest BCUT2D eigenvalue weighted by Crippen LogP contribution is 2.27. The molecule has 2 heteroatoms. The predicted octanol–water partition coefficient (Wildman–Crippen LogP) is 4.64. The highest BCUT2D eigenvalue weighted by Gasteiger charge is 2.15. The van der Waals surface area contributed by atoms with Crippen LogP contribution in [-0.4, -0.2) is 10.1 Å². The number of pyridine rings is 1. The molecule has 0 aliphatic carbocycles. The second-order valence-corrected chi connectivity index (χ2v) is 5.96. The van der Waals surface area contributed by atoms with Crippen molar-refractivity contribution in [3.05, 3.63) is 78.6 Å². The molecule has 0 saturated carbocycles. The standard InChI is InChI=1S/C20H19NO/c1-20(2,22)19-11-9-16(10-12-19)15-5-7-17(8-6-15)18-4-3-13-21-14-18/h3-14,22H,1-2H3. The van der Waals surface area contributed by atoms with Crippen molar-refractivity contribution in [2.24, 2.45) is 0 Å². The van der Waals surface area contributed by atoms with Gasteiger partial charge >= 0.3 is 0 Å². The summed E-state index contributed by atoms with van der Waals surface area (Å²) in [7, 11) is 0. The lowest BCUT2D eigenvalue weighted by molar-refractivity contribution is 0.0786. The highest BCUT2D eigenvalue weighted by molar-refractivity contribution is 5.70. The predicted molar refractivity (Wildman–Crippen MR) is 90.4 cm³/mol. The zero-order valence-electron chi connectivity index (χ0n) is 12.8. The average molecular weight is 289 g/mol. The molecule has 22 heavy (non-hydrogen) atoms. The highest BCUT2D eigenvalue weighted by atomic mass is 16.3. The van der Waals surface area contributed by atoms with Crippen LogP contribution in [0.3, 0.4) is 0 Å². The second-order valence-electron chi connectivity index (χ2n) is 5.96. The Labute approximate surface area is 131 Å². The molecule has 0 spiro atoms. The zero-order chi connectivity index (χ0) is 15.6. The Kier molecular flexibility index (Phi) is 3.78. The molecule has 0 amide bonds. The van der Waals surface area contributed by atoms with Gasteiger partial charge in [-0.25, -0.2) is 0 Å². The molecule has 0 unspecified atom stereocenters. The largest absolute Gasteiger partial charge is 0.386 e. The quantitative estimate of drug-likeness (QED) is 0.761. The average Bonchev–Trinajstić information content (AvgIpc) is 2.55. The summed E-state index contributed by atoms with van der Waals surface area (Å²) in [6.07, 6.45) is 3.65. The number of aliphatic hydroxyl groups is 1. The van der Waals surface area contributed by atoms with Gasteiger partial charge in [0.2, 0.25) is 0 Å². The molecule has 1 aromatic heterocycles. The Bertz CT molecular complexity index is 738. The first-order valence-electron chi connectivity index (χ1n) is 7.38. The summed E-state index contributed by atoms with van der Waals surface area (Å²) in [6, 6.07) is 20.5. The molecule has 3 rings (SSSR count). The van der Waals surface area contributed by atoms with E-state index in [9.17, 15) is 5.11 Å². The van der Waals surface area contributed by atoms with E-state index in [0.717, 1.165) is 27.8 Å². The van der Waals surface area contributed by atoms with E-state index in [-0.39, 0.29) is 0 Å². The molecule has 0 aliphatic rings. The van der Waals surface area contributed by atoms with E-state index >= 15 is 0 Å². The Morgan fingerprint density at radius 2 is 1.23 bits per heavy atom. The maximum Gasteiger partial charge on any atom is 0.0840 e. The monoisotopic (exact) mass is 289 g/mol. The van der Waals surface area contributed by atoms with Gasteiger partial charge in [-0.2, -0.15) is 0 Å². The van der Waals surface area contributed by atoms with Gasteiger partial charge in [-0.15, -0.1) is 0 Å². The van der Waals surface area contributed by atoms with Crippen LogP contribution in [0.5, 0.6) is 0 Å². The molecule has 2 nitrogen and oxygen atoms in total. The molecule has 3 aromatic rings. The first kappa shape index (κ1) is 14.5. The summed E-state index contributed by atoms with van der Waals surface area (Å²) in [6.45, 7) is 3.59.